The number of nitrogens with one attached hydrogen (secondary N) is 2. The van der Waals surface area contributed by atoms with Crippen molar-refractivity contribution in [1.82, 2.24) is 15.3 Å². The van der Waals surface area contributed by atoms with Crippen molar-refractivity contribution in [2.24, 2.45) is 0 Å². The number of amides is 1. The molecule has 12 heteroatoms. The second-order valence-electron chi connectivity index (χ2n) is 8.72. The Hall–Kier alpha value is -4.19. The highest BCUT2D eigenvalue weighted by Gasteiger charge is 2.31. The van der Waals surface area contributed by atoms with Crippen LogP contribution in [0.3, 0.4) is 0 Å². The first-order valence-electron chi connectivity index (χ1n) is 11.2. The van der Waals surface area contributed by atoms with E-state index in [1.807, 2.05) is 0 Å². The van der Waals surface area contributed by atoms with Gasteiger partial charge in [0.05, 0.1) is 27.8 Å². The van der Waals surface area contributed by atoms with Gasteiger partial charge in [-0.1, -0.05) is 24.3 Å². The summed E-state index contributed by atoms with van der Waals surface area (Å²) in [6.07, 6.45) is -2.21. The van der Waals surface area contributed by atoms with E-state index in [0.29, 0.717) is 22.5 Å². The number of aromatic nitrogens is 2. The topological polar surface area (TPSA) is 122 Å². The molecule has 0 saturated carbocycles. The monoisotopic (exact) mass is 545 g/mol. The molecule has 4 aromatic rings. The van der Waals surface area contributed by atoms with Crippen LogP contribution in [0.4, 0.5) is 13.2 Å². The normalized spacial score (nSPS) is 12.8. The minimum absolute atomic E-state index is 0.00349. The molecular formula is C26H22F3N3O5S. The Bertz CT molecular complexity index is 1670. The summed E-state index contributed by atoms with van der Waals surface area (Å²) in [5, 5.41) is 2.62. The molecule has 8 nitrogen and oxygen atoms in total. The van der Waals surface area contributed by atoms with Gasteiger partial charge in [-0.2, -0.15) is 13.2 Å². The molecule has 0 radical (unpaired) electrons. The van der Waals surface area contributed by atoms with Crippen LogP contribution in [-0.4, -0.2) is 30.5 Å². The molecule has 38 heavy (non-hydrogen) atoms. The number of pyridine rings is 1. The number of carbonyl (C=O) groups excluding carboxylic acids is 1. The van der Waals surface area contributed by atoms with Crippen LogP contribution < -0.4 is 10.9 Å². The van der Waals surface area contributed by atoms with Crippen molar-refractivity contribution in [1.29, 1.82) is 0 Å². The van der Waals surface area contributed by atoms with Crippen LogP contribution in [0.2, 0.25) is 0 Å². The molecule has 4 rings (SSSR count). The SMILES string of the molecule is Cc1coc(-c2cc(C(=O)NC(c3ccc(S(C)(=O)=O)cc3)c3cccc(C(F)(F)F)c3)c(=O)[nH]c2C)n1. The van der Waals surface area contributed by atoms with Crippen LogP contribution in [0, 0.1) is 13.8 Å². The largest absolute Gasteiger partial charge is 0.444 e. The van der Waals surface area contributed by atoms with Gasteiger partial charge in [-0.3, -0.25) is 9.59 Å². The number of halogens is 3. The van der Waals surface area contributed by atoms with E-state index in [9.17, 15) is 31.2 Å². The van der Waals surface area contributed by atoms with Crippen molar-refractivity contribution in [2.75, 3.05) is 6.26 Å². The molecule has 0 aliphatic carbocycles. The van der Waals surface area contributed by atoms with E-state index in [-0.39, 0.29) is 21.9 Å². The number of hydrogen-bond donors (Lipinski definition) is 2. The fourth-order valence-corrected chi connectivity index (χ4v) is 4.49. The van der Waals surface area contributed by atoms with Gasteiger partial charge < -0.3 is 14.7 Å². The van der Waals surface area contributed by atoms with Gasteiger partial charge in [0, 0.05) is 11.9 Å². The lowest BCUT2D eigenvalue weighted by Gasteiger charge is -2.21. The summed E-state index contributed by atoms with van der Waals surface area (Å²) < 4.78 is 69.4. The molecule has 0 aliphatic heterocycles. The zero-order chi connectivity index (χ0) is 27.8. The van der Waals surface area contributed by atoms with Gasteiger partial charge in [0.25, 0.3) is 11.5 Å². The number of aromatic amines is 1. The number of alkyl halides is 3. The average molecular weight is 546 g/mol. The first-order chi connectivity index (χ1) is 17.7. The molecular weight excluding hydrogens is 523 g/mol. The van der Waals surface area contributed by atoms with Crippen LogP contribution >= 0.6 is 0 Å². The minimum Gasteiger partial charge on any atom is -0.444 e. The third-order valence-corrected chi connectivity index (χ3v) is 6.93. The summed E-state index contributed by atoms with van der Waals surface area (Å²) in [4.78, 5) is 32.8. The summed E-state index contributed by atoms with van der Waals surface area (Å²) in [5.41, 5.74) is -0.247. The summed E-state index contributed by atoms with van der Waals surface area (Å²) in [6, 6.07) is 9.88. The maximum atomic E-state index is 13.4. The number of aryl methyl sites for hydroxylation is 2. The predicted molar refractivity (Wildman–Crippen MR) is 132 cm³/mol. The lowest BCUT2D eigenvalue weighted by molar-refractivity contribution is -0.137. The number of hydrogen-bond acceptors (Lipinski definition) is 6. The van der Waals surface area contributed by atoms with Gasteiger partial charge in [-0.15, -0.1) is 0 Å². The van der Waals surface area contributed by atoms with Gasteiger partial charge in [0.2, 0.25) is 5.89 Å². The lowest BCUT2D eigenvalue weighted by atomic mass is 9.96. The van der Waals surface area contributed by atoms with Gasteiger partial charge in [-0.25, -0.2) is 13.4 Å². The Morgan fingerprint density at radius 3 is 2.32 bits per heavy atom. The summed E-state index contributed by atoms with van der Waals surface area (Å²) >= 11 is 0. The maximum absolute atomic E-state index is 13.4. The Kier molecular flexibility index (Phi) is 7.02. The van der Waals surface area contributed by atoms with E-state index < -0.39 is 39.1 Å². The Balaban J connectivity index is 1.79. The number of nitrogens with zero attached hydrogens (tertiary/aromatic N) is 1. The van der Waals surface area contributed by atoms with Crippen molar-refractivity contribution in [3.05, 3.63) is 105 Å². The van der Waals surface area contributed by atoms with E-state index >= 15 is 0 Å². The quantitative estimate of drug-likeness (QED) is 0.366. The summed E-state index contributed by atoms with van der Waals surface area (Å²) in [6.45, 7) is 3.31. The number of sulfone groups is 1. The maximum Gasteiger partial charge on any atom is 0.416 e. The van der Waals surface area contributed by atoms with Crippen molar-refractivity contribution < 1.29 is 30.8 Å². The molecule has 198 valence electrons. The van der Waals surface area contributed by atoms with E-state index in [1.165, 1.54) is 48.7 Å². The third kappa shape index (κ3) is 5.70. The molecule has 2 heterocycles. The van der Waals surface area contributed by atoms with Crippen LogP contribution in [0.25, 0.3) is 11.5 Å². The second kappa shape index (κ2) is 9.93. The molecule has 0 bridgehead atoms. The Labute approximate surface area is 215 Å². The van der Waals surface area contributed by atoms with Gasteiger partial charge in [0.15, 0.2) is 9.84 Å². The van der Waals surface area contributed by atoms with Crippen molar-refractivity contribution >= 4 is 15.7 Å². The zero-order valence-electron chi connectivity index (χ0n) is 20.4. The smallest absolute Gasteiger partial charge is 0.416 e. The molecule has 0 fully saturated rings. The number of benzene rings is 2. The van der Waals surface area contributed by atoms with Gasteiger partial charge in [0.1, 0.15) is 11.8 Å². The van der Waals surface area contributed by atoms with Crippen molar-refractivity contribution in [2.45, 2.75) is 31.0 Å². The van der Waals surface area contributed by atoms with Crippen molar-refractivity contribution in [3.8, 4) is 11.5 Å². The molecule has 1 amide bonds. The number of carbonyl (C=O) groups is 1. The number of oxazole rings is 1. The first kappa shape index (κ1) is 26.9. The van der Waals surface area contributed by atoms with Crippen LogP contribution in [-0.2, 0) is 16.0 Å². The molecule has 2 aromatic carbocycles. The molecule has 1 atom stereocenters. The molecule has 1 unspecified atom stereocenters. The van der Waals surface area contributed by atoms with E-state index in [4.69, 9.17) is 4.42 Å². The number of H-pyrrole nitrogens is 1. The molecule has 2 aromatic heterocycles. The molecule has 2 N–H and O–H groups in total. The average Bonchev–Trinajstić information content (AvgIpc) is 3.27. The first-order valence-corrected chi connectivity index (χ1v) is 13.1. The molecule has 0 aliphatic rings. The highest BCUT2D eigenvalue weighted by molar-refractivity contribution is 7.90. The van der Waals surface area contributed by atoms with Gasteiger partial charge in [-0.05, 0) is 55.3 Å². The minimum atomic E-state index is -4.64. The second-order valence-corrected chi connectivity index (χ2v) is 10.7. The summed E-state index contributed by atoms with van der Waals surface area (Å²) in [5.74, 6) is -0.693. The van der Waals surface area contributed by atoms with Crippen LogP contribution in [0.5, 0.6) is 0 Å². The molecule has 0 saturated heterocycles. The van der Waals surface area contributed by atoms with Crippen LogP contribution in [0.15, 0.2) is 75.0 Å². The third-order valence-electron chi connectivity index (χ3n) is 5.80. The molecule has 0 spiro atoms. The standard InChI is InChI=1S/C26H22F3N3O5S/c1-14-13-37-25(30-14)20-12-21(23(33)31-15(20)2)24(34)32-22(16-7-9-19(10-8-16)38(3,35)36)17-5-4-6-18(11-17)26(27,28)29/h4-13,22H,1-3H3,(H,31,33)(H,32,34). The Morgan fingerprint density at radius 1 is 1.05 bits per heavy atom. The Morgan fingerprint density at radius 2 is 1.74 bits per heavy atom. The van der Waals surface area contributed by atoms with Crippen LogP contribution in [0.1, 0.15) is 44.5 Å². The fraction of sp³-hybridized carbons (Fsp3) is 0.192. The highest BCUT2D eigenvalue weighted by Crippen LogP contribution is 2.32. The number of rotatable bonds is 6. The summed E-state index contributed by atoms with van der Waals surface area (Å²) in [7, 11) is -3.54. The van der Waals surface area contributed by atoms with E-state index in [2.05, 4.69) is 15.3 Å². The van der Waals surface area contributed by atoms with E-state index in [0.717, 1.165) is 18.4 Å². The van der Waals surface area contributed by atoms with Crippen molar-refractivity contribution in [3.63, 3.8) is 0 Å². The fourth-order valence-electron chi connectivity index (χ4n) is 3.86. The predicted octanol–water partition coefficient (Wildman–Crippen LogP) is 4.59. The highest BCUT2D eigenvalue weighted by atomic mass is 32.2. The zero-order valence-corrected chi connectivity index (χ0v) is 21.2. The lowest BCUT2D eigenvalue weighted by Crippen LogP contribution is -2.33. The van der Waals surface area contributed by atoms with E-state index in [1.54, 1.807) is 13.8 Å². The van der Waals surface area contributed by atoms with Gasteiger partial charge >= 0.3 is 6.18 Å².